The summed E-state index contributed by atoms with van der Waals surface area (Å²) in [5.74, 6) is -1.48. The molecule has 0 spiro atoms. The molecule has 10 heteroatoms. The first-order valence-electron chi connectivity index (χ1n) is 13.1. The van der Waals surface area contributed by atoms with Gasteiger partial charge in [0, 0.05) is 35.2 Å². The van der Waals surface area contributed by atoms with Crippen LogP contribution in [0.15, 0.2) is 30.3 Å². The number of likely N-dealkylation sites (tertiary alicyclic amines) is 1. The number of H-pyrrole nitrogens is 1. The Kier molecular flexibility index (Phi) is 7.68. The third-order valence-corrected chi connectivity index (χ3v) is 7.04. The molecule has 1 saturated heterocycles. The maximum Gasteiger partial charge on any atom is 0.328 e. The van der Waals surface area contributed by atoms with Crippen molar-refractivity contribution in [2.45, 2.75) is 73.1 Å². The van der Waals surface area contributed by atoms with Gasteiger partial charge in [0.15, 0.2) is 0 Å². The van der Waals surface area contributed by atoms with Gasteiger partial charge in [-0.05, 0) is 90.8 Å². The van der Waals surface area contributed by atoms with Crippen LogP contribution in [0.2, 0.25) is 0 Å². The molecular weight excluding hydrogens is 501 g/mol. The van der Waals surface area contributed by atoms with Crippen LogP contribution in [0.4, 0.5) is 10.1 Å². The number of esters is 1. The number of hydrogen-bond donors (Lipinski definition) is 2. The number of aromatic nitrogens is 3. The van der Waals surface area contributed by atoms with Gasteiger partial charge in [0.25, 0.3) is 5.91 Å². The maximum absolute atomic E-state index is 13.6. The number of carbonyl (C=O) groups is 3. The normalized spacial score (nSPS) is 17.4. The van der Waals surface area contributed by atoms with E-state index in [4.69, 9.17) is 4.74 Å². The third kappa shape index (κ3) is 6.05. The van der Waals surface area contributed by atoms with Gasteiger partial charge in [-0.15, -0.1) is 0 Å². The van der Waals surface area contributed by atoms with Gasteiger partial charge < -0.3 is 19.9 Å². The largest absolute Gasteiger partial charge is 0.459 e. The molecule has 0 bridgehead atoms. The molecular formula is C29H36FN5O4. The van der Waals surface area contributed by atoms with Crippen LogP contribution in [0.1, 0.15) is 61.6 Å². The quantitative estimate of drug-likeness (QED) is 0.440. The van der Waals surface area contributed by atoms with Crippen molar-refractivity contribution in [2.24, 2.45) is 5.92 Å². The van der Waals surface area contributed by atoms with E-state index in [0.717, 1.165) is 22.6 Å². The lowest BCUT2D eigenvalue weighted by Crippen LogP contribution is -2.39. The van der Waals surface area contributed by atoms with Crippen molar-refractivity contribution >= 4 is 23.5 Å². The average molecular weight is 538 g/mol. The Morgan fingerprint density at radius 2 is 1.87 bits per heavy atom. The molecule has 208 valence electrons. The van der Waals surface area contributed by atoms with E-state index in [9.17, 15) is 18.8 Å². The average Bonchev–Trinajstić information content (AvgIpc) is 3.52. The summed E-state index contributed by atoms with van der Waals surface area (Å²) in [5.41, 5.74) is 3.84. The smallest absolute Gasteiger partial charge is 0.328 e. The van der Waals surface area contributed by atoms with Crippen molar-refractivity contribution in [1.29, 1.82) is 0 Å². The second-order valence-electron chi connectivity index (χ2n) is 11.2. The van der Waals surface area contributed by atoms with E-state index in [0.29, 0.717) is 29.9 Å². The topological polar surface area (TPSA) is 109 Å². The Morgan fingerprint density at radius 3 is 2.54 bits per heavy atom. The molecule has 1 aliphatic heterocycles. The van der Waals surface area contributed by atoms with E-state index < -0.39 is 5.60 Å². The molecule has 1 aromatic carbocycles. The minimum Gasteiger partial charge on any atom is -0.459 e. The van der Waals surface area contributed by atoms with Crippen LogP contribution in [0.3, 0.4) is 0 Å². The first-order valence-corrected chi connectivity index (χ1v) is 13.1. The van der Waals surface area contributed by atoms with Crippen LogP contribution >= 0.6 is 0 Å². The minimum absolute atomic E-state index is 0.0112. The van der Waals surface area contributed by atoms with E-state index in [2.05, 4.69) is 15.4 Å². The minimum atomic E-state index is -0.586. The Hall–Kier alpha value is -3.95. The fourth-order valence-electron chi connectivity index (χ4n) is 5.09. The number of rotatable bonds is 6. The lowest BCUT2D eigenvalue weighted by atomic mass is 10.0. The molecule has 0 saturated carbocycles. The second-order valence-corrected chi connectivity index (χ2v) is 11.2. The molecule has 3 aromatic rings. The van der Waals surface area contributed by atoms with E-state index >= 15 is 0 Å². The zero-order valence-electron chi connectivity index (χ0n) is 23.5. The fraction of sp³-hybridized carbons (Fsp3) is 0.448. The summed E-state index contributed by atoms with van der Waals surface area (Å²) in [6.45, 7) is 13.1. The summed E-state index contributed by atoms with van der Waals surface area (Å²) in [7, 11) is 0. The standard InChI is InChI=1S/C29H36FN5O4/c1-16-14-20(8-9-22(16)30)31-27(37)21-12-13-34(18(21)3)28(38)24-11-10-23(32-24)26-17(2)33-35(19(26)4)15-25(36)39-29(5,6)7/h8-11,14,18,21,32H,12-13,15H2,1-7H3,(H,31,37)/t18-,21-/m0/s1. The molecule has 2 N–H and O–H groups in total. The third-order valence-electron chi connectivity index (χ3n) is 7.04. The summed E-state index contributed by atoms with van der Waals surface area (Å²) in [6, 6.07) is 7.68. The molecule has 3 heterocycles. The summed E-state index contributed by atoms with van der Waals surface area (Å²) in [5, 5.41) is 7.36. The number of nitrogens with zero attached hydrogens (tertiary/aromatic N) is 3. The van der Waals surface area contributed by atoms with E-state index in [1.807, 2.05) is 47.6 Å². The van der Waals surface area contributed by atoms with Gasteiger partial charge >= 0.3 is 5.97 Å². The van der Waals surface area contributed by atoms with Crippen molar-refractivity contribution in [3.8, 4) is 11.3 Å². The zero-order valence-corrected chi connectivity index (χ0v) is 23.5. The van der Waals surface area contributed by atoms with Crippen LogP contribution in [0.5, 0.6) is 0 Å². The first-order chi connectivity index (χ1) is 18.2. The van der Waals surface area contributed by atoms with Crippen molar-refractivity contribution < 1.29 is 23.5 Å². The van der Waals surface area contributed by atoms with Gasteiger partial charge in [0.1, 0.15) is 23.7 Å². The number of ether oxygens (including phenoxy) is 1. The highest BCUT2D eigenvalue weighted by Crippen LogP contribution is 2.30. The van der Waals surface area contributed by atoms with Gasteiger partial charge in [0.2, 0.25) is 5.91 Å². The van der Waals surface area contributed by atoms with E-state index in [1.165, 1.54) is 12.1 Å². The summed E-state index contributed by atoms with van der Waals surface area (Å²) >= 11 is 0. The van der Waals surface area contributed by atoms with Crippen molar-refractivity contribution in [1.82, 2.24) is 19.7 Å². The Bertz CT molecular complexity index is 1420. The molecule has 2 amide bonds. The van der Waals surface area contributed by atoms with Crippen LogP contribution in [-0.4, -0.2) is 55.6 Å². The highest BCUT2D eigenvalue weighted by atomic mass is 19.1. The zero-order chi connectivity index (χ0) is 28.6. The number of anilines is 1. The van der Waals surface area contributed by atoms with Gasteiger partial charge in [-0.2, -0.15) is 5.10 Å². The monoisotopic (exact) mass is 537 g/mol. The Morgan fingerprint density at radius 1 is 1.15 bits per heavy atom. The number of amides is 2. The SMILES string of the molecule is Cc1cc(NC(=O)[C@H]2CCN(C(=O)c3ccc(-c4c(C)nn(CC(=O)OC(C)(C)C)c4C)[nH]3)[C@H]2C)ccc1F. The molecule has 0 radical (unpaired) electrons. The number of nitrogens with one attached hydrogen (secondary N) is 2. The number of aromatic amines is 1. The summed E-state index contributed by atoms with van der Waals surface area (Å²) in [4.78, 5) is 43.6. The van der Waals surface area contributed by atoms with Gasteiger partial charge in [-0.3, -0.25) is 19.1 Å². The van der Waals surface area contributed by atoms with Crippen LogP contribution in [-0.2, 0) is 20.9 Å². The highest BCUT2D eigenvalue weighted by Gasteiger charge is 2.39. The molecule has 9 nitrogen and oxygen atoms in total. The summed E-state index contributed by atoms with van der Waals surface area (Å²) < 4.78 is 20.6. The van der Waals surface area contributed by atoms with Gasteiger partial charge in [-0.1, -0.05) is 0 Å². The number of hydrogen-bond acceptors (Lipinski definition) is 5. The number of aryl methyl sites for hydroxylation is 2. The second kappa shape index (κ2) is 10.7. The van der Waals surface area contributed by atoms with Crippen molar-refractivity contribution in [3.05, 3.63) is 58.8 Å². The summed E-state index contributed by atoms with van der Waals surface area (Å²) in [6.07, 6.45) is 0.530. The highest BCUT2D eigenvalue weighted by molar-refractivity contribution is 5.97. The molecule has 39 heavy (non-hydrogen) atoms. The van der Waals surface area contributed by atoms with Crippen LogP contribution < -0.4 is 5.32 Å². The van der Waals surface area contributed by atoms with Crippen LogP contribution in [0.25, 0.3) is 11.3 Å². The van der Waals surface area contributed by atoms with E-state index in [-0.39, 0.29) is 42.1 Å². The number of carbonyl (C=O) groups excluding carboxylic acids is 3. The lowest BCUT2D eigenvalue weighted by molar-refractivity contribution is -0.155. The Labute approximate surface area is 227 Å². The predicted octanol–water partition coefficient (Wildman–Crippen LogP) is 4.77. The first kappa shape index (κ1) is 28.1. The lowest BCUT2D eigenvalue weighted by Gasteiger charge is -2.24. The maximum atomic E-state index is 13.6. The molecule has 1 aliphatic rings. The van der Waals surface area contributed by atoms with Crippen LogP contribution in [0, 0.1) is 32.5 Å². The van der Waals surface area contributed by atoms with Crippen molar-refractivity contribution in [2.75, 3.05) is 11.9 Å². The Balaban J connectivity index is 1.45. The van der Waals surface area contributed by atoms with Gasteiger partial charge in [0.05, 0.1) is 11.6 Å². The molecule has 2 atom stereocenters. The molecule has 0 aliphatic carbocycles. The molecule has 2 aromatic heterocycles. The predicted molar refractivity (Wildman–Crippen MR) is 146 cm³/mol. The molecule has 0 unspecified atom stereocenters. The molecule has 1 fully saturated rings. The molecule has 4 rings (SSSR count). The van der Waals surface area contributed by atoms with Crippen molar-refractivity contribution in [3.63, 3.8) is 0 Å². The van der Waals surface area contributed by atoms with E-state index in [1.54, 1.807) is 28.6 Å². The fourth-order valence-corrected chi connectivity index (χ4v) is 5.09. The number of halogens is 1. The van der Waals surface area contributed by atoms with Gasteiger partial charge in [-0.25, -0.2) is 4.39 Å². The number of benzene rings is 1.